The molecule has 1 aromatic rings. The fourth-order valence-electron chi connectivity index (χ4n) is 3.12. The molecule has 98 valence electrons. The van der Waals surface area contributed by atoms with Crippen LogP contribution < -0.4 is 5.32 Å². The first-order valence-corrected chi connectivity index (χ1v) is 7.73. The van der Waals surface area contributed by atoms with Crippen LogP contribution in [0.3, 0.4) is 0 Å². The number of amides is 1. The van der Waals surface area contributed by atoms with E-state index >= 15 is 0 Å². The number of nitrogens with zero attached hydrogens (tertiary/aromatic N) is 1. The monoisotopic (exact) mass is 264 g/mol. The van der Waals surface area contributed by atoms with Gasteiger partial charge in [0.15, 0.2) is 0 Å². The molecule has 1 saturated carbocycles. The van der Waals surface area contributed by atoms with Crippen molar-refractivity contribution in [3.63, 3.8) is 0 Å². The summed E-state index contributed by atoms with van der Waals surface area (Å²) in [5, 5.41) is 5.50. The standard InChI is InChI=1S/C14H20N2OS/c1-10-14(17)16(9-11-5-2-3-6-11)13(15-10)12-7-4-8-18-12/h4,7-8,10-11,13,15H,2-3,5-6,9H2,1H3. The molecule has 1 N–H and O–H groups in total. The first-order chi connectivity index (χ1) is 8.75. The van der Waals surface area contributed by atoms with E-state index in [0.717, 1.165) is 6.54 Å². The molecule has 2 unspecified atom stereocenters. The number of rotatable bonds is 3. The van der Waals surface area contributed by atoms with Crippen molar-refractivity contribution in [3.8, 4) is 0 Å². The third-order valence-corrected chi connectivity index (χ3v) is 5.04. The predicted octanol–water partition coefficient (Wildman–Crippen LogP) is 2.76. The van der Waals surface area contributed by atoms with Gasteiger partial charge in [-0.1, -0.05) is 18.9 Å². The molecule has 1 aliphatic heterocycles. The van der Waals surface area contributed by atoms with Gasteiger partial charge >= 0.3 is 0 Å². The normalized spacial score (nSPS) is 29.4. The third kappa shape index (κ3) is 2.19. The van der Waals surface area contributed by atoms with Gasteiger partial charge in [-0.25, -0.2) is 0 Å². The maximum atomic E-state index is 12.3. The second kappa shape index (κ2) is 5.02. The van der Waals surface area contributed by atoms with Gasteiger partial charge in [-0.15, -0.1) is 11.3 Å². The van der Waals surface area contributed by atoms with Gasteiger partial charge in [0.2, 0.25) is 5.91 Å². The summed E-state index contributed by atoms with van der Waals surface area (Å²) in [7, 11) is 0. The SMILES string of the molecule is CC1NC(c2cccs2)N(CC2CCCC2)C1=O. The van der Waals surface area contributed by atoms with Crippen LogP contribution in [0.4, 0.5) is 0 Å². The molecule has 18 heavy (non-hydrogen) atoms. The van der Waals surface area contributed by atoms with E-state index in [4.69, 9.17) is 0 Å². The van der Waals surface area contributed by atoms with Crippen molar-refractivity contribution in [2.45, 2.75) is 44.8 Å². The summed E-state index contributed by atoms with van der Waals surface area (Å²) in [6.45, 7) is 2.90. The van der Waals surface area contributed by atoms with Crippen molar-refractivity contribution in [3.05, 3.63) is 22.4 Å². The highest BCUT2D eigenvalue weighted by Gasteiger charge is 2.38. The van der Waals surface area contributed by atoms with Crippen molar-refractivity contribution in [1.82, 2.24) is 10.2 Å². The highest BCUT2D eigenvalue weighted by Crippen LogP contribution is 2.32. The Morgan fingerprint density at radius 2 is 2.22 bits per heavy atom. The minimum absolute atomic E-state index is 0.0431. The zero-order chi connectivity index (χ0) is 12.5. The smallest absolute Gasteiger partial charge is 0.241 e. The average molecular weight is 264 g/mol. The van der Waals surface area contributed by atoms with Gasteiger partial charge in [0, 0.05) is 11.4 Å². The van der Waals surface area contributed by atoms with Gasteiger partial charge in [0.05, 0.1) is 6.04 Å². The van der Waals surface area contributed by atoms with Gasteiger partial charge in [0.25, 0.3) is 0 Å². The molecule has 4 heteroatoms. The van der Waals surface area contributed by atoms with Crippen molar-refractivity contribution < 1.29 is 4.79 Å². The van der Waals surface area contributed by atoms with Crippen LogP contribution in [0.2, 0.25) is 0 Å². The Bertz CT molecular complexity index is 411. The zero-order valence-electron chi connectivity index (χ0n) is 10.8. The summed E-state index contributed by atoms with van der Waals surface area (Å²) in [4.78, 5) is 15.6. The highest BCUT2D eigenvalue weighted by atomic mass is 32.1. The van der Waals surface area contributed by atoms with E-state index in [-0.39, 0.29) is 18.1 Å². The van der Waals surface area contributed by atoms with Crippen LogP contribution >= 0.6 is 11.3 Å². The number of thiophene rings is 1. The molecule has 2 atom stereocenters. The van der Waals surface area contributed by atoms with E-state index in [1.54, 1.807) is 11.3 Å². The van der Waals surface area contributed by atoms with Crippen LogP contribution in [0, 0.1) is 5.92 Å². The number of nitrogens with one attached hydrogen (secondary N) is 1. The minimum atomic E-state index is -0.0431. The molecule has 0 spiro atoms. The maximum Gasteiger partial charge on any atom is 0.241 e. The number of carbonyl (C=O) groups is 1. The Hall–Kier alpha value is -0.870. The third-order valence-electron chi connectivity index (χ3n) is 4.12. The number of hydrogen-bond donors (Lipinski definition) is 1. The summed E-state index contributed by atoms with van der Waals surface area (Å²) in [6.07, 6.45) is 5.34. The maximum absolute atomic E-state index is 12.3. The lowest BCUT2D eigenvalue weighted by Crippen LogP contribution is -2.34. The number of carbonyl (C=O) groups excluding carboxylic acids is 1. The van der Waals surface area contributed by atoms with Crippen LogP contribution in [-0.2, 0) is 4.79 Å². The molecule has 1 aromatic heterocycles. The summed E-state index contributed by atoms with van der Waals surface area (Å²) in [5.74, 6) is 0.976. The van der Waals surface area contributed by atoms with E-state index in [0.29, 0.717) is 5.92 Å². The largest absolute Gasteiger partial charge is 0.320 e. The van der Waals surface area contributed by atoms with Crippen LogP contribution in [0.5, 0.6) is 0 Å². The molecular formula is C14H20N2OS. The van der Waals surface area contributed by atoms with Crippen molar-refractivity contribution >= 4 is 17.2 Å². The van der Waals surface area contributed by atoms with Gasteiger partial charge in [-0.3, -0.25) is 10.1 Å². The van der Waals surface area contributed by atoms with E-state index < -0.39 is 0 Å². The topological polar surface area (TPSA) is 32.3 Å². The molecule has 0 radical (unpaired) electrons. The fraction of sp³-hybridized carbons (Fsp3) is 0.643. The minimum Gasteiger partial charge on any atom is -0.320 e. The Morgan fingerprint density at radius 3 is 2.89 bits per heavy atom. The summed E-state index contributed by atoms with van der Waals surface area (Å²) in [6, 6.07) is 4.14. The van der Waals surface area contributed by atoms with Crippen LogP contribution in [0.25, 0.3) is 0 Å². The van der Waals surface area contributed by atoms with E-state index in [1.807, 2.05) is 6.92 Å². The van der Waals surface area contributed by atoms with Crippen LogP contribution in [0.15, 0.2) is 17.5 Å². The van der Waals surface area contributed by atoms with E-state index in [9.17, 15) is 4.79 Å². The molecule has 1 saturated heterocycles. The summed E-state index contributed by atoms with van der Waals surface area (Å²) < 4.78 is 0. The lowest BCUT2D eigenvalue weighted by atomic mass is 10.1. The Kier molecular flexibility index (Phi) is 3.39. The first-order valence-electron chi connectivity index (χ1n) is 6.85. The Labute approximate surface area is 112 Å². The number of hydrogen-bond acceptors (Lipinski definition) is 3. The molecule has 2 aliphatic rings. The first kappa shape index (κ1) is 12.2. The highest BCUT2D eigenvalue weighted by molar-refractivity contribution is 7.10. The van der Waals surface area contributed by atoms with E-state index in [2.05, 4.69) is 27.7 Å². The van der Waals surface area contributed by atoms with Gasteiger partial charge in [-0.2, -0.15) is 0 Å². The van der Waals surface area contributed by atoms with E-state index in [1.165, 1.54) is 30.6 Å². The van der Waals surface area contributed by atoms with Crippen molar-refractivity contribution in [1.29, 1.82) is 0 Å². The molecule has 0 aromatic carbocycles. The summed E-state index contributed by atoms with van der Waals surface area (Å²) >= 11 is 1.73. The molecule has 3 rings (SSSR count). The van der Waals surface area contributed by atoms with Gasteiger partial charge in [-0.05, 0) is 37.1 Å². The summed E-state index contributed by atoms with van der Waals surface area (Å²) in [5.41, 5.74) is 0. The molecular weight excluding hydrogens is 244 g/mol. The lowest BCUT2D eigenvalue weighted by Gasteiger charge is -2.26. The molecule has 2 fully saturated rings. The van der Waals surface area contributed by atoms with Crippen LogP contribution in [0.1, 0.15) is 43.6 Å². The molecule has 1 aliphatic carbocycles. The second-order valence-corrected chi connectivity index (χ2v) is 6.43. The second-order valence-electron chi connectivity index (χ2n) is 5.45. The Balaban J connectivity index is 1.77. The lowest BCUT2D eigenvalue weighted by molar-refractivity contribution is -0.130. The molecule has 3 nitrogen and oxygen atoms in total. The quantitative estimate of drug-likeness (QED) is 0.910. The molecule has 1 amide bonds. The van der Waals surface area contributed by atoms with Crippen LogP contribution in [-0.4, -0.2) is 23.4 Å². The Morgan fingerprint density at radius 1 is 1.44 bits per heavy atom. The molecule has 2 heterocycles. The van der Waals surface area contributed by atoms with Crippen molar-refractivity contribution in [2.24, 2.45) is 5.92 Å². The molecule has 0 bridgehead atoms. The van der Waals surface area contributed by atoms with Gasteiger partial charge < -0.3 is 4.90 Å². The predicted molar refractivity (Wildman–Crippen MR) is 73.3 cm³/mol. The van der Waals surface area contributed by atoms with Crippen molar-refractivity contribution in [2.75, 3.05) is 6.54 Å². The zero-order valence-corrected chi connectivity index (χ0v) is 11.6. The average Bonchev–Trinajstić information content (AvgIpc) is 3.07. The fourth-order valence-corrected chi connectivity index (χ4v) is 3.92. The van der Waals surface area contributed by atoms with Gasteiger partial charge in [0.1, 0.15) is 6.17 Å².